The van der Waals surface area contributed by atoms with Crippen molar-refractivity contribution >= 4 is 43.0 Å². The first-order valence-corrected chi connectivity index (χ1v) is 7.31. The number of nitrogens with zero attached hydrogens (tertiary/aromatic N) is 1. The fraction of sp³-hybridized carbons (Fsp3) is 0.0714. The fourth-order valence-corrected chi connectivity index (χ4v) is 2.38. The Morgan fingerprint density at radius 2 is 1.67 bits per heavy atom. The Morgan fingerprint density at radius 3 is 2.33 bits per heavy atom. The highest BCUT2D eigenvalue weighted by molar-refractivity contribution is 9.24. The van der Waals surface area contributed by atoms with Crippen LogP contribution in [0.4, 0.5) is 0 Å². The molecule has 90 valence electrons. The molecule has 2 nitrogen and oxygen atoms in total. The summed E-state index contributed by atoms with van der Waals surface area (Å²) in [5.41, 5.74) is 3.84. The minimum atomic E-state index is 0.169. The summed E-state index contributed by atoms with van der Waals surface area (Å²) in [5.74, 6) is 0.656. The van der Waals surface area contributed by atoms with Crippen molar-refractivity contribution in [1.29, 1.82) is 0 Å². The molecule has 3 rings (SSSR count). The summed E-state index contributed by atoms with van der Waals surface area (Å²) in [6.45, 7) is 0. The van der Waals surface area contributed by atoms with Gasteiger partial charge in [0.05, 0.1) is 3.74 Å². The van der Waals surface area contributed by atoms with E-state index in [1.807, 2.05) is 48.5 Å². The van der Waals surface area contributed by atoms with Crippen molar-refractivity contribution in [2.75, 3.05) is 0 Å². The second kappa shape index (κ2) is 4.86. The number of halogens is 2. The van der Waals surface area contributed by atoms with E-state index in [-0.39, 0.29) is 3.74 Å². The van der Waals surface area contributed by atoms with Crippen LogP contribution in [0.3, 0.4) is 0 Å². The number of oxazole rings is 1. The molecule has 0 atom stereocenters. The topological polar surface area (TPSA) is 26.0 Å². The zero-order valence-electron chi connectivity index (χ0n) is 9.31. The standard InChI is InChI=1S/C14H9Br2NO/c15-13(16)9-5-7-10(8-6-9)14-17-11-3-1-2-4-12(11)18-14/h1-8,13H. The van der Waals surface area contributed by atoms with Crippen molar-refractivity contribution in [3.8, 4) is 11.5 Å². The fourth-order valence-electron chi connectivity index (χ4n) is 1.77. The Morgan fingerprint density at radius 1 is 0.944 bits per heavy atom. The van der Waals surface area contributed by atoms with Crippen LogP contribution >= 0.6 is 31.9 Å². The lowest BCUT2D eigenvalue weighted by Crippen LogP contribution is -1.81. The third kappa shape index (κ3) is 2.22. The summed E-state index contributed by atoms with van der Waals surface area (Å²) in [6, 6.07) is 15.9. The lowest BCUT2D eigenvalue weighted by molar-refractivity contribution is 0.620. The summed E-state index contributed by atoms with van der Waals surface area (Å²) in [5, 5.41) is 0. The summed E-state index contributed by atoms with van der Waals surface area (Å²) >= 11 is 6.94. The van der Waals surface area contributed by atoms with Crippen molar-refractivity contribution in [3.05, 3.63) is 54.1 Å². The summed E-state index contributed by atoms with van der Waals surface area (Å²) in [7, 11) is 0. The van der Waals surface area contributed by atoms with Crippen LogP contribution in [-0.2, 0) is 0 Å². The van der Waals surface area contributed by atoms with Crippen LogP contribution in [-0.4, -0.2) is 4.98 Å². The Balaban J connectivity index is 2.03. The van der Waals surface area contributed by atoms with Gasteiger partial charge in [0.15, 0.2) is 5.58 Å². The average Bonchev–Trinajstić information content (AvgIpc) is 2.82. The predicted octanol–water partition coefficient (Wildman–Crippen LogP) is 5.28. The zero-order chi connectivity index (χ0) is 12.5. The van der Waals surface area contributed by atoms with Gasteiger partial charge in [-0.3, -0.25) is 0 Å². The van der Waals surface area contributed by atoms with Crippen molar-refractivity contribution in [3.63, 3.8) is 0 Å². The van der Waals surface area contributed by atoms with E-state index in [0.717, 1.165) is 22.2 Å². The largest absolute Gasteiger partial charge is 0.436 e. The minimum absolute atomic E-state index is 0.169. The van der Waals surface area contributed by atoms with E-state index < -0.39 is 0 Å². The van der Waals surface area contributed by atoms with Gasteiger partial charge in [-0.05, 0) is 29.8 Å². The quantitative estimate of drug-likeness (QED) is 0.576. The number of hydrogen-bond donors (Lipinski definition) is 0. The van der Waals surface area contributed by atoms with E-state index in [0.29, 0.717) is 5.89 Å². The number of benzene rings is 2. The van der Waals surface area contributed by atoms with Crippen molar-refractivity contribution in [1.82, 2.24) is 4.98 Å². The highest BCUT2D eigenvalue weighted by Crippen LogP contribution is 2.31. The molecule has 0 aliphatic carbocycles. The highest BCUT2D eigenvalue weighted by Gasteiger charge is 2.08. The van der Waals surface area contributed by atoms with Gasteiger partial charge in [-0.15, -0.1) is 0 Å². The number of fused-ring (bicyclic) bond motifs is 1. The van der Waals surface area contributed by atoms with E-state index in [4.69, 9.17) is 4.42 Å². The number of para-hydroxylation sites is 2. The second-order valence-electron chi connectivity index (χ2n) is 3.91. The van der Waals surface area contributed by atoms with Gasteiger partial charge in [0, 0.05) is 5.56 Å². The van der Waals surface area contributed by atoms with Crippen LogP contribution in [0.25, 0.3) is 22.6 Å². The first kappa shape index (κ1) is 11.9. The molecule has 2 aromatic carbocycles. The van der Waals surface area contributed by atoms with Crippen LogP contribution in [0.1, 0.15) is 9.30 Å². The lowest BCUT2D eigenvalue weighted by atomic mass is 10.1. The predicted molar refractivity (Wildman–Crippen MR) is 80.0 cm³/mol. The van der Waals surface area contributed by atoms with E-state index in [1.165, 1.54) is 0 Å². The molecule has 1 aromatic heterocycles. The van der Waals surface area contributed by atoms with Gasteiger partial charge in [0.25, 0.3) is 0 Å². The Kier molecular flexibility index (Phi) is 3.22. The molecule has 0 fully saturated rings. The van der Waals surface area contributed by atoms with E-state index in [1.54, 1.807) is 0 Å². The third-order valence-electron chi connectivity index (χ3n) is 2.70. The molecule has 0 bridgehead atoms. The molecule has 0 saturated carbocycles. The van der Waals surface area contributed by atoms with E-state index in [2.05, 4.69) is 36.8 Å². The molecule has 3 aromatic rings. The monoisotopic (exact) mass is 365 g/mol. The van der Waals surface area contributed by atoms with Crippen LogP contribution < -0.4 is 0 Å². The van der Waals surface area contributed by atoms with Crippen molar-refractivity contribution < 1.29 is 4.42 Å². The summed E-state index contributed by atoms with van der Waals surface area (Å²) < 4.78 is 5.89. The normalized spacial score (nSPS) is 11.3. The first-order chi connectivity index (χ1) is 8.74. The number of rotatable bonds is 2. The molecule has 0 radical (unpaired) electrons. The SMILES string of the molecule is BrC(Br)c1ccc(-c2nc3ccccc3o2)cc1. The van der Waals surface area contributed by atoms with Gasteiger partial charge >= 0.3 is 0 Å². The van der Waals surface area contributed by atoms with E-state index in [9.17, 15) is 0 Å². The Labute approximate surface area is 121 Å². The van der Waals surface area contributed by atoms with E-state index >= 15 is 0 Å². The minimum Gasteiger partial charge on any atom is -0.436 e. The number of aromatic nitrogens is 1. The zero-order valence-corrected chi connectivity index (χ0v) is 12.5. The summed E-state index contributed by atoms with van der Waals surface area (Å²) in [4.78, 5) is 4.47. The van der Waals surface area contributed by atoms with Crippen molar-refractivity contribution in [2.24, 2.45) is 0 Å². The molecule has 0 unspecified atom stereocenters. The second-order valence-corrected chi connectivity index (χ2v) is 6.97. The molecule has 18 heavy (non-hydrogen) atoms. The molecule has 0 N–H and O–H groups in total. The van der Waals surface area contributed by atoms with Crippen LogP contribution in [0.15, 0.2) is 52.9 Å². The van der Waals surface area contributed by atoms with Crippen LogP contribution in [0.2, 0.25) is 0 Å². The van der Waals surface area contributed by atoms with Crippen LogP contribution in [0, 0.1) is 0 Å². The number of hydrogen-bond acceptors (Lipinski definition) is 2. The molecule has 1 heterocycles. The van der Waals surface area contributed by atoms with Crippen molar-refractivity contribution in [2.45, 2.75) is 3.74 Å². The summed E-state index contributed by atoms with van der Waals surface area (Å²) in [6.07, 6.45) is 0. The Bertz CT molecular complexity index is 641. The highest BCUT2D eigenvalue weighted by atomic mass is 79.9. The maximum absolute atomic E-state index is 5.72. The van der Waals surface area contributed by atoms with Crippen LogP contribution in [0.5, 0.6) is 0 Å². The van der Waals surface area contributed by atoms with Gasteiger partial charge < -0.3 is 4.42 Å². The van der Waals surface area contributed by atoms with Gasteiger partial charge in [0.1, 0.15) is 5.52 Å². The molecule has 0 amide bonds. The molecular weight excluding hydrogens is 358 g/mol. The van der Waals surface area contributed by atoms with Gasteiger partial charge in [-0.2, -0.15) is 0 Å². The maximum atomic E-state index is 5.72. The molecule has 0 saturated heterocycles. The molecule has 0 aliphatic rings. The molecule has 4 heteroatoms. The molecule has 0 aliphatic heterocycles. The molecule has 0 spiro atoms. The maximum Gasteiger partial charge on any atom is 0.227 e. The van der Waals surface area contributed by atoms with Gasteiger partial charge in [-0.1, -0.05) is 56.1 Å². The molecular formula is C14H9Br2NO. The van der Waals surface area contributed by atoms with Gasteiger partial charge in [-0.25, -0.2) is 4.98 Å². The number of alkyl halides is 2. The Hall–Kier alpha value is -1.13. The van der Waals surface area contributed by atoms with Gasteiger partial charge in [0.2, 0.25) is 5.89 Å². The third-order valence-corrected chi connectivity index (χ3v) is 3.76. The smallest absolute Gasteiger partial charge is 0.227 e. The first-order valence-electron chi connectivity index (χ1n) is 5.48. The average molecular weight is 367 g/mol. The lowest BCUT2D eigenvalue weighted by Gasteiger charge is -2.02.